The smallest absolute Gasteiger partial charge is 0.0556 e. The minimum atomic E-state index is 0.282. The molecule has 0 unspecified atom stereocenters. The van der Waals surface area contributed by atoms with Gasteiger partial charge in [-0.15, -0.1) is 0 Å². The second-order valence-corrected chi connectivity index (χ2v) is 8.48. The van der Waals surface area contributed by atoms with Gasteiger partial charge in [0, 0.05) is 18.1 Å². The van der Waals surface area contributed by atoms with E-state index in [2.05, 4.69) is 6.92 Å². The molecule has 0 aliphatic rings. The lowest BCUT2D eigenvalue weighted by Crippen LogP contribution is -2.00. The Labute approximate surface area is 162 Å². The average Bonchev–Trinajstić information content (AvgIpc) is 2.63. The van der Waals surface area contributed by atoms with Crippen molar-refractivity contribution in [2.75, 3.05) is 31.3 Å². The van der Waals surface area contributed by atoms with Gasteiger partial charge in [-0.3, -0.25) is 0 Å². The summed E-state index contributed by atoms with van der Waals surface area (Å²) in [5, 5.41) is 8.66. The van der Waals surface area contributed by atoms with Crippen molar-refractivity contribution in [1.82, 2.24) is 0 Å². The third-order valence-corrected chi connectivity index (χ3v) is 5.68. The molecule has 0 aliphatic heterocycles. The highest BCUT2D eigenvalue weighted by atomic mass is 32.2. The van der Waals surface area contributed by atoms with Crippen LogP contribution in [0, 0.1) is 0 Å². The van der Waals surface area contributed by atoms with Crippen LogP contribution in [0.2, 0.25) is 0 Å². The summed E-state index contributed by atoms with van der Waals surface area (Å²) in [6.45, 7) is 4.32. The Bertz CT molecular complexity index is 202. The van der Waals surface area contributed by atoms with E-state index in [1.54, 1.807) is 11.8 Å². The molecule has 0 spiro atoms. The molecule has 0 rings (SSSR count). The maximum absolute atomic E-state index is 8.66. The van der Waals surface area contributed by atoms with Crippen LogP contribution < -0.4 is 0 Å². The molecule has 0 aromatic carbocycles. The van der Waals surface area contributed by atoms with Crippen LogP contribution in [0.1, 0.15) is 110 Å². The molecule has 0 fully saturated rings. The van der Waals surface area contributed by atoms with Gasteiger partial charge in [-0.25, -0.2) is 0 Å². The normalized spacial score (nSPS) is 11.3. The van der Waals surface area contributed by atoms with Crippen molar-refractivity contribution in [2.45, 2.75) is 110 Å². The van der Waals surface area contributed by atoms with Crippen molar-refractivity contribution in [3.8, 4) is 0 Å². The van der Waals surface area contributed by atoms with Gasteiger partial charge in [0.05, 0.1) is 13.2 Å². The van der Waals surface area contributed by atoms with E-state index in [4.69, 9.17) is 9.84 Å². The van der Waals surface area contributed by atoms with Gasteiger partial charge >= 0.3 is 0 Å². The number of aliphatic hydroxyl groups is 1. The highest BCUT2D eigenvalue weighted by Gasteiger charge is 1.95. The van der Waals surface area contributed by atoms with E-state index in [1.807, 2.05) is 0 Å². The van der Waals surface area contributed by atoms with Crippen LogP contribution in [-0.2, 0) is 4.74 Å². The summed E-state index contributed by atoms with van der Waals surface area (Å²) >= 11 is 1.77. The van der Waals surface area contributed by atoms with E-state index in [9.17, 15) is 0 Å². The van der Waals surface area contributed by atoms with Gasteiger partial charge in [0.15, 0.2) is 0 Å². The standard InChI is InChI=1S/C22H46O2S/c1-2-3-4-5-6-7-8-9-10-11-12-13-14-15-16-17-19-24-20-22-25-21-18-23/h23H,2-22H2,1H3. The molecule has 0 saturated carbocycles. The van der Waals surface area contributed by atoms with Gasteiger partial charge < -0.3 is 9.84 Å². The maximum atomic E-state index is 8.66. The number of rotatable bonds is 22. The molecule has 0 atom stereocenters. The second kappa shape index (κ2) is 24.3. The molecule has 25 heavy (non-hydrogen) atoms. The molecule has 0 bridgehead atoms. The number of hydrogen-bond donors (Lipinski definition) is 1. The third kappa shape index (κ3) is 24.3. The van der Waals surface area contributed by atoms with E-state index in [0.29, 0.717) is 0 Å². The van der Waals surface area contributed by atoms with Crippen LogP contribution in [0.25, 0.3) is 0 Å². The highest BCUT2D eigenvalue weighted by Crippen LogP contribution is 2.13. The zero-order valence-electron chi connectivity index (χ0n) is 17.1. The predicted molar refractivity (Wildman–Crippen MR) is 115 cm³/mol. The van der Waals surface area contributed by atoms with Crippen molar-refractivity contribution in [3.63, 3.8) is 0 Å². The van der Waals surface area contributed by atoms with Crippen molar-refractivity contribution in [3.05, 3.63) is 0 Å². The van der Waals surface area contributed by atoms with Gasteiger partial charge in [0.2, 0.25) is 0 Å². The van der Waals surface area contributed by atoms with E-state index in [1.165, 1.54) is 103 Å². The van der Waals surface area contributed by atoms with Gasteiger partial charge in [0.1, 0.15) is 0 Å². The van der Waals surface area contributed by atoms with E-state index in [0.717, 1.165) is 24.7 Å². The molecule has 0 heterocycles. The lowest BCUT2D eigenvalue weighted by Gasteiger charge is -2.05. The summed E-state index contributed by atoms with van der Waals surface area (Å²) in [4.78, 5) is 0. The molecule has 0 aromatic rings. The Balaban J connectivity index is 2.94. The van der Waals surface area contributed by atoms with E-state index in [-0.39, 0.29) is 6.61 Å². The van der Waals surface area contributed by atoms with Gasteiger partial charge in [-0.2, -0.15) is 11.8 Å². The van der Waals surface area contributed by atoms with Crippen molar-refractivity contribution in [1.29, 1.82) is 0 Å². The molecular weight excluding hydrogens is 328 g/mol. The average molecular weight is 375 g/mol. The largest absolute Gasteiger partial charge is 0.396 e. The lowest BCUT2D eigenvalue weighted by atomic mass is 10.0. The fraction of sp³-hybridized carbons (Fsp3) is 1.00. The van der Waals surface area contributed by atoms with Crippen molar-refractivity contribution < 1.29 is 9.84 Å². The summed E-state index contributed by atoms with van der Waals surface area (Å²) in [7, 11) is 0. The second-order valence-electron chi connectivity index (χ2n) is 7.25. The molecule has 0 amide bonds. The molecule has 0 aliphatic carbocycles. The van der Waals surface area contributed by atoms with E-state index < -0.39 is 0 Å². The van der Waals surface area contributed by atoms with Crippen LogP contribution in [0.15, 0.2) is 0 Å². The first-order chi connectivity index (χ1) is 12.4. The predicted octanol–water partition coefficient (Wildman–Crippen LogP) is 6.99. The van der Waals surface area contributed by atoms with Crippen molar-refractivity contribution >= 4 is 11.8 Å². The zero-order chi connectivity index (χ0) is 18.3. The van der Waals surface area contributed by atoms with Crippen LogP contribution in [-0.4, -0.2) is 36.4 Å². The first kappa shape index (κ1) is 25.3. The minimum absolute atomic E-state index is 0.282. The van der Waals surface area contributed by atoms with Crippen LogP contribution in [0.5, 0.6) is 0 Å². The molecule has 152 valence electrons. The van der Waals surface area contributed by atoms with Crippen LogP contribution in [0.4, 0.5) is 0 Å². The van der Waals surface area contributed by atoms with Gasteiger partial charge in [-0.1, -0.05) is 103 Å². The molecular formula is C22H46O2S. The highest BCUT2D eigenvalue weighted by molar-refractivity contribution is 7.99. The number of aliphatic hydroxyl groups excluding tert-OH is 1. The summed E-state index contributed by atoms with van der Waals surface area (Å²) in [5.74, 6) is 1.85. The zero-order valence-corrected chi connectivity index (χ0v) is 17.9. The number of ether oxygens (including phenoxy) is 1. The summed E-state index contributed by atoms with van der Waals surface area (Å²) in [6, 6.07) is 0. The van der Waals surface area contributed by atoms with Crippen molar-refractivity contribution in [2.24, 2.45) is 0 Å². The summed E-state index contributed by atoms with van der Waals surface area (Å²) in [6.07, 6.45) is 22.6. The number of thioether (sulfide) groups is 1. The SMILES string of the molecule is CCCCCCCCCCCCCCCCCCOCCSCCO. The quantitative estimate of drug-likeness (QED) is 0.207. The number of hydrogen-bond acceptors (Lipinski definition) is 3. The van der Waals surface area contributed by atoms with Gasteiger partial charge in [-0.05, 0) is 6.42 Å². The minimum Gasteiger partial charge on any atom is -0.396 e. The summed E-state index contributed by atoms with van der Waals surface area (Å²) < 4.78 is 5.60. The first-order valence-corrected chi connectivity index (χ1v) is 12.3. The Morgan fingerprint density at radius 3 is 1.44 bits per heavy atom. The molecule has 0 saturated heterocycles. The topological polar surface area (TPSA) is 29.5 Å². The molecule has 2 nitrogen and oxygen atoms in total. The van der Waals surface area contributed by atoms with Gasteiger partial charge in [0.25, 0.3) is 0 Å². The Kier molecular flexibility index (Phi) is 24.5. The monoisotopic (exact) mass is 374 g/mol. The Morgan fingerprint density at radius 1 is 0.560 bits per heavy atom. The maximum Gasteiger partial charge on any atom is 0.0556 e. The molecule has 0 aromatic heterocycles. The first-order valence-electron chi connectivity index (χ1n) is 11.2. The fourth-order valence-corrected chi connectivity index (χ4v) is 3.71. The van der Waals surface area contributed by atoms with E-state index >= 15 is 0 Å². The molecule has 0 radical (unpaired) electrons. The third-order valence-electron chi connectivity index (χ3n) is 4.75. The Hall–Kier alpha value is 0.270. The lowest BCUT2D eigenvalue weighted by molar-refractivity contribution is 0.145. The molecule has 3 heteroatoms. The van der Waals surface area contributed by atoms with Crippen LogP contribution in [0.3, 0.4) is 0 Å². The number of unbranched alkanes of at least 4 members (excludes halogenated alkanes) is 15. The molecule has 1 N–H and O–H groups in total. The fourth-order valence-electron chi connectivity index (χ4n) is 3.14. The van der Waals surface area contributed by atoms with Crippen LogP contribution >= 0.6 is 11.8 Å². The Morgan fingerprint density at radius 2 is 1.00 bits per heavy atom. The summed E-state index contributed by atoms with van der Waals surface area (Å²) in [5.41, 5.74) is 0.